The predicted molar refractivity (Wildman–Crippen MR) is 78.2 cm³/mol. The fourth-order valence-corrected chi connectivity index (χ4v) is 1.78. The molecule has 3 nitrogen and oxygen atoms in total. The van der Waals surface area contributed by atoms with E-state index in [9.17, 15) is 4.39 Å². The molecule has 0 amide bonds. The first kappa shape index (κ1) is 15.1. The first-order valence-corrected chi connectivity index (χ1v) is 6.77. The fraction of sp³-hybridized carbons (Fsp3) is 0.188. The van der Waals surface area contributed by atoms with Gasteiger partial charge in [-0.3, -0.25) is 0 Å². The fourth-order valence-electron chi connectivity index (χ4n) is 1.66. The first-order chi connectivity index (χ1) is 10.2. The third-order valence-electron chi connectivity index (χ3n) is 2.68. The van der Waals surface area contributed by atoms with Crippen LogP contribution >= 0.6 is 11.6 Å². The summed E-state index contributed by atoms with van der Waals surface area (Å²) >= 11 is 5.58. The average Bonchev–Trinajstić information content (AvgIpc) is 2.50. The molecule has 0 bridgehead atoms. The van der Waals surface area contributed by atoms with E-state index in [1.807, 2.05) is 6.07 Å². The van der Waals surface area contributed by atoms with Crippen LogP contribution in [-0.2, 0) is 0 Å². The Morgan fingerprint density at radius 3 is 2.43 bits per heavy atom. The summed E-state index contributed by atoms with van der Waals surface area (Å²) in [4.78, 5) is 0. The monoisotopic (exact) mass is 305 g/mol. The van der Waals surface area contributed by atoms with Crippen LogP contribution in [0.2, 0.25) is 5.02 Å². The molecule has 0 spiro atoms. The number of rotatable bonds is 6. The van der Waals surface area contributed by atoms with Crippen molar-refractivity contribution in [3.05, 3.63) is 58.9 Å². The van der Waals surface area contributed by atoms with Gasteiger partial charge in [0.05, 0.1) is 29.9 Å². The van der Waals surface area contributed by atoms with Crippen LogP contribution in [0.1, 0.15) is 12.0 Å². The normalized spacial score (nSPS) is 9.95. The van der Waals surface area contributed by atoms with Crippen LogP contribution in [0.15, 0.2) is 42.5 Å². The molecule has 0 unspecified atom stereocenters. The van der Waals surface area contributed by atoms with Gasteiger partial charge >= 0.3 is 0 Å². The molecule has 21 heavy (non-hydrogen) atoms. The number of ether oxygens (including phenoxy) is 2. The molecule has 0 heterocycles. The number of nitrogens with zero attached hydrogens (tertiary/aromatic N) is 1. The van der Waals surface area contributed by atoms with Crippen molar-refractivity contribution in [1.29, 1.82) is 5.26 Å². The SMILES string of the molecule is N#Cc1cccc(OCCCOc2ccc(Cl)c(F)c2)c1. The Balaban J connectivity index is 1.72. The van der Waals surface area contributed by atoms with Gasteiger partial charge in [0, 0.05) is 12.5 Å². The minimum atomic E-state index is -0.501. The lowest BCUT2D eigenvalue weighted by molar-refractivity contribution is 0.247. The Morgan fingerprint density at radius 1 is 1.05 bits per heavy atom. The summed E-state index contributed by atoms with van der Waals surface area (Å²) < 4.78 is 24.1. The zero-order chi connectivity index (χ0) is 15.1. The van der Waals surface area contributed by atoms with Gasteiger partial charge in [-0.15, -0.1) is 0 Å². The van der Waals surface area contributed by atoms with Crippen LogP contribution in [0.3, 0.4) is 0 Å². The lowest BCUT2D eigenvalue weighted by atomic mass is 10.2. The molecule has 2 aromatic carbocycles. The minimum Gasteiger partial charge on any atom is -0.493 e. The van der Waals surface area contributed by atoms with Crippen LogP contribution < -0.4 is 9.47 Å². The lowest BCUT2D eigenvalue weighted by Gasteiger charge is -2.08. The zero-order valence-corrected chi connectivity index (χ0v) is 11.9. The molecule has 2 aromatic rings. The maximum Gasteiger partial charge on any atom is 0.145 e. The average molecular weight is 306 g/mol. The maximum absolute atomic E-state index is 13.2. The Hall–Kier alpha value is -2.25. The molecule has 0 N–H and O–H groups in total. The highest BCUT2D eigenvalue weighted by Gasteiger charge is 2.02. The molecule has 0 atom stereocenters. The van der Waals surface area contributed by atoms with Gasteiger partial charge in [-0.2, -0.15) is 5.26 Å². The molecule has 108 valence electrons. The van der Waals surface area contributed by atoms with E-state index >= 15 is 0 Å². The maximum atomic E-state index is 13.2. The Kier molecular flexibility index (Phi) is 5.42. The van der Waals surface area contributed by atoms with E-state index in [-0.39, 0.29) is 5.02 Å². The molecule has 0 radical (unpaired) electrons. The second-order valence-corrected chi connectivity index (χ2v) is 4.67. The Morgan fingerprint density at radius 2 is 1.76 bits per heavy atom. The van der Waals surface area contributed by atoms with Crippen molar-refractivity contribution in [1.82, 2.24) is 0 Å². The summed E-state index contributed by atoms with van der Waals surface area (Å²) in [5.41, 5.74) is 0.556. The van der Waals surface area contributed by atoms with E-state index in [1.54, 1.807) is 30.3 Å². The molecule has 0 aromatic heterocycles. The van der Waals surface area contributed by atoms with Crippen molar-refractivity contribution in [2.45, 2.75) is 6.42 Å². The summed E-state index contributed by atoms with van der Waals surface area (Å²) in [6.45, 7) is 0.851. The third-order valence-corrected chi connectivity index (χ3v) is 2.99. The number of nitriles is 1. The van der Waals surface area contributed by atoms with Crippen LogP contribution in [0.25, 0.3) is 0 Å². The van der Waals surface area contributed by atoms with Gasteiger partial charge in [-0.1, -0.05) is 17.7 Å². The van der Waals surface area contributed by atoms with Crippen molar-refractivity contribution in [3.63, 3.8) is 0 Å². The zero-order valence-electron chi connectivity index (χ0n) is 11.2. The van der Waals surface area contributed by atoms with E-state index in [1.165, 1.54) is 12.1 Å². The molecular formula is C16H13ClFNO2. The smallest absolute Gasteiger partial charge is 0.145 e. The van der Waals surface area contributed by atoms with E-state index in [2.05, 4.69) is 0 Å². The quantitative estimate of drug-likeness (QED) is 0.751. The van der Waals surface area contributed by atoms with Gasteiger partial charge in [0.25, 0.3) is 0 Å². The first-order valence-electron chi connectivity index (χ1n) is 6.40. The van der Waals surface area contributed by atoms with Crippen LogP contribution in [0, 0.1) is 17.1 Å². The lowest BCUT2D eigenvalue weighted by Crippen LogP contribution is -2.05. The van der Waals surface area contributed by atoms with E-state index in [4.69, 9.17) is 26.3 Å². The van der Waals surface area contributed by atoms with Crippen molar-refractivity contribution in [3.8, 4) is 17.6 Å². The molecule has 0 aliphatic heterocycles. The van der Waals surface area contributed by atoms with Crippen LogP contribution in [0.4, 0.5) is 4.39 Å². The van der Waals surface area contributed by atoms with Gasteiger partial charge < -0.3 is 9.47 Å². The van der Waals surface area contributed by atoms with Crippen molar-refractivity contribution >= 4 is 11.6 Å². The Labute approximate surface area is 127 Å². The molecule has 5 heteroatoms. The second kappa shape index (κ2) is 7.51. The minimum absolute atomic E-state index is 0.0723. The summed E-state index contributed by atoms with van der Waals surface area (Å²) in [6.07, 6.45) is 0.640. The largest absolute Gasteiger partial charge is 0.493 e. The highest BCUT2D eigenvalue weighted by molar-refractivity contribution is 6.30. The molecular weight excluding hydrogens is 293 g/mol. The van der Waals surface area contributed by atoms with Crippen molar-refractivity contribution < 1.29 is 13.9 Å². The highest BCUT2D eigenvalue weighted by atomic mass is 35.5. The van der Waals surface area contributed by atoms with Crippen molar-refractivity contribution in [2.75, 3.05) is 13.2 Å². The molecule has 2 rings (SSSR count). The van der Waals surface area contributed by atoms with Crippen molar-refractivity contribution in [2.24, 2.45) is 0 Å². The van der Waals surface area contributed by atoms with Gasteiger partial charge in [0.2, 0.25) is 0 Å². The van der Waals surface area contributed by atoms with E-state index in [0.717, 1.165) is 0 Å². The summed E-state index contributed by atoms with van der Waals surface area (Å²) in [6, 6.07) is 13.3. The third kappa shape index (κ3) is 4.66. The number of hydrogen-bond donors (Lipinski definition) is 0. The highest BCUT2D eigenvalue weighted by Crippen LogP contribution is 2.20. The topological polar surface area (TPSA) is 42.2 Å². The van der Waals surface area contributed by atoms with E-state index in [0.29, 0.717) is 36.7 Å². The molecule has 0 aliphatic carbocycles. The van der Waals surface area contributed by atoms with Gasteiger partial charge in [-0.05, 0) is 30.3 Å². The predicted octanol–water partition coefficient (Wildman–Crippen LogP) is 4.20. The molecule has 0 fully saturated rings. The van der Waals surface area contributed by atoms with Gasteiger partial charge in [0.15, 0.2) is 0 Å². The summed E-state index contributed by atoms with van der Waals surface area (Å²) in [5, 5.41) is 8.85. The molecule has 0 aliphatic rings. The second-order valence-electron chi connectivity index (χ2n) is 4.27. The Bertz CT molecular complexity index is 655. The number of halogens is 2. The standard InChI is InChI=1S/C16H13ClFNO2/c17-15-6-5-14(10-16(15)18)21-8-2-7-20-13-4-1-3-12(9-13)11-19/h1,3-6,9-10H,2,7-8H2. The molecule has 0 saturated heterocycles. The van der Waals surface area contributed by atoms with Crippen LogP contribution in [-0.4, -0.2) is 13.2 Å². The van der Waals surface area contributed by atoms with Crippen LogP contribution in [0.5, 0.6) is 11.5 Å². The van der Waals surface area contributed by atoms with Gasteiger partial charge in [0.1, 0.15) is 17.3 Å². The number of benzene rings is 2. The van der Waals surface area contributed by atoms with E-state index < -0.39 is 5.82 Å². The molecule has 0 saturated carbocycles. The van der Waals surface area contributed by atoms with Gasteiger partial charge in [-0.25, -0.2) is 4.39 Å². The summed E-state index contributed by atoms with van der Waals surface area (Å²) in [7, 11) is 0. The number of hydrogen-bond acceptors (Lipinski definition) is 3. The summed E-state index contributed by atoms with van der Waals surface area (Å²) in [5.74, 6) is 0.578.